The van der Waals surface area contributed by atoms with Gasteiger partial charge in [0.2, 0.25) is 0 Å². The van der Waals surface area contributed by atoms with Crippen LogP contribution in [0.3, 0.4) is 0 Å². The molecule has 5 heteroatoms. The first kappa shape index (κ1) is 14.8. The van der Waals surface area contributed by atoms with E-state index < -0.39 is 0 Å². The molecule has 0 N–H and O–H groups in total. The van der Waals surface area contributed by atoms with E-state index in [-0.39, 0.29) is 0 Å². The summed E-state index contributed by atoms with van der Waals surface area (Å²) in [6.07, 6.45) is 5.53. The minimum absolute atomic E-state index is 0.345. The van der Waals surface area contributed by atoms with Crippen molar-refractivity contribution >= 4 is 11.6 Å². The maximum absolute atomic E-state index is 8.80. The monoisotopic (exact) mass is 297 g/mol. The molecule has 2 aromatic heterocycles. The van der Waals surface area contributed by atoms with Gasteiger partial charge in [-0.15, -0.1) is 11.6 Å². The number of pyridine rings is 2. The van der Waals surface area contributed by atoms with Crippen molar-refractivity contribution < 1.29 is 4.74 Å². The van der Waals surface area contributed by atoms with Crippen molar-refractivity contribution in [2.75, 3.05) is 5.88 Å². The Morgan fingerprint density at radius 2 is 2.19 bits per heavy atom. The van der Waals surface area contributed by atoms with Gasteiger partial charge in [0, 0.05) is 30.3 Å². The molecular weight excluding hydrogens is 286 g/mol. The number of halogens is 1. The van der Waals surface area contributed by atoms with Crippen LogP contribution >= 0.6 is 11.6 Å². The predicted octanol–water partition coefficient (Wildman–Crippen LogP) is 2.91. The van der Waals surface area contributed by atoms with Gasteiger partial charge in [0.05, 0.1) is 6.20 Å². The molecule has 0 bridgehead atoms. The first-order chi connectivity index (χ1) is 10.3. The lowest BCUT2D eigenvalue weighted by molar-refractivity contribution is 0.304. The third kappa shape index (κ3) is 4.80. The number of rotatable bonds is 4. The van der Waals surface area contributed by atoms with Crippen LogP contribution in [0.1, 0.15) is 23.2 Å². The van der Waals surface area contributed by atoms with Gasteiger partial charge in [-0.05, 0) is 23.8 Å². The molecule has 4 nitrogen and oxygen atoms in total. The van der Waals surface area contributed by atoms with Crippen molar-refractivity contribution in [2.24, 2.45) is 0 Å². The summed E-state index contributed by atoms with van der Waals surface area (Å²) in [6.45, 7) is 0.345. The fourth-order valence-corrected chi connectivity index (χ4v) is 1.66. The van der Waals surface area contributed by atoms with E-state index in [2.05, 4.69) is 21.8 Å². The van der Waals surface area contributed by atoms with E-state index >= 15 is 0 Å². The molecular formula is C16H12ClN3O. The van der Waals surface area contributed by atoms with Crippen molar-refractivity contribution in [3.63, 3.8) is 0 Å². The highest BCUT2D eigenvalue weighted by Crippen LogP contribution is 2.13. The minimum atomic E-state index is 0.345. The zero-order chi connectivity index (χ0) is 14.9. The fourth-order valence-electron chi connectivity index (χ4n) is 1.57. The first-order valence-corrected chi connectivity index (χ1v) is 6.83. The van der Waals surface area contributed by atoms with Crippen LogP contribution in [0.25, 0.3) is 0 Å². The zero-order valence-corrected chi connectivity index (χ0v) is 12.0. The third-order valence-electron chi connectivity index (χ3n) is 2.51. The summed E-state index contributed by atoms with van der Waals surface area (Å²) >= 11 is 5.57. The van der Waals surface area contributed by atoms with E-state index in [1.54, 1.807) is 30.7 Å². The molecule has 2 aromatic rings. The van der Waals surface area contributed by atoms with Gasteiger partial charge in [0.15, 0.2) is 0 Å². The first-order valence-electron chi connectivity index (χ1n) is 6.29. The highest BCUT2D eigenvalue weighted by molar-refractivity contribution is 6.18. The minimum Gasteiger partial charge on any atom is -0.487 e. The standard InChI is InChI=1S/C16H12ClN3O/c17-5-2-1-3-13-8-16(11-19-10-13)21-12-14-4-6-20-15(7-14)9-18/h4,6-8,10-11H,2,5,12H2. The molecule has 0 aliphatic carbocycles. The topological polar surface area (TPSA) is 58.8 Å². The quantitative estimate of drug-likeness (QED) is 0.643. The smallest absolute Gasteiger partial charge is 0.140 e. The van der Waals surface area contributed by atoms with Crippen LogP contribution in [0.4, 0.5) is 0 Å². The van der Waals surface area contributed by atoms with E-state index in [1.165, 1.54) is 0 Å². The molecule has 0 saturated heterocycles. The number of nitriles is 1. The maximum Gasteiger partial charge on any atom is 0.140 e. The van der Waals surface area contributed by atoms with Gasteiger partial charge in [-0.25, -0.2) is 4.98 Å². The average molecular weight is 298 g/mol. The molecule has 104 valence electrons. The Labute approximate surface area is 128 Å². The number of hydrogen-bond acceptors (Lipinski definition) is 4. The van der Waals surface area contributed by atoms with Crippen LogP contribution < -0.4 is 4.74 Å². The van der Waals surface area contributed by atoms with E-state index in [0.717, 1.165) is 11.1 Å². The molecule has 0 fully saturated rings. The van der Waals surface area contributed by atoms with Gasteiger partial charge < -0.3 is 4.74 Å². The van der Waals surface area contributed by atoms with Crippen LogP contribution in [0.5, 0.6) is 5.75 Å². The van der Waals surface area contributed by atoms with E-state index in [4.69, 9.17) is 21.6 Å². The predicted molar refractivity (Wildman–Crippen MR) is 79.7 cm³/mol. The summed E-state index contributed by atoms with van der Waals surface area (Å²) in [7, 11) is 0. The summed E-state index contributed by atoms with van der Waals surface area (Å²) < 4.78 is 5.64. The van der Waals surface area contributed by atoms with Crippen LogP contribution in [-0.2, 0) is 6.61 Å². The molecule has 2 rings (SSSR count). The lowest BCUT2D eigenvalue weighted by Crippen LogP contribution is -1.97. The number of ether oxygens (including phenoxy) is 1. The number of alkyl halides is 1. The van der Waals surface area contributed by atoms with Gasteiger partial charge in [0.1, 0.15) is 24.1 Å². The van der Waals surface area contributed by atoms with Gasteiger partial charge in [-0.3, -0.25) is 4.98 Å². The van der Waals surface area contributed by atoms with Crippen molar-refractivity contribution in [1.29, 1.82) is 5.26 Å². The Bertz CT molecular complexity index is 713. The molecule has 0 unspecified atom stereocenters. The molecule has 0 aliphatic rings. The van der Waals surface area contributed by atoms with Crippen LogP contribution in [0, 0.1) is 23.2 Å². The molecule has 21 heavy (non-hydrogen) atoms. The van der Waals surface area contributed by atoms with Crippen LogP contribution in [-0.4, -0.2) is 15.8 Å². The summed E-state index contributed by atoms with van der Waals surface area (Å²) in [6, 6.07) is 7.31. The van der Waals surface area contributed by atoms with Crippen LogP contribution in [0.2, 0.25) is 0 Å². The van der Waals surface area contributed by atoms with E-state index in [1.807, 2.05) is 12.1 Å². The van der Waals surface area contributed by atoms with Crippen LogP contribution in [0.15, 0.2) is 36.8 Å². The Morgan fingerprint density at radius 1 is 1.29 bits per heavy atom. The van der Waals surface area contributed by atoms with E-state index in [9.17, 15) is 0 Å². The van der Waals surface area contributed by atoms with Crippen molar-refractivity contribution in [3.8, 4) is 23.7 Å². The maximum atomic E-state index is 8.80. The third-order valence-corrected chi connectivity index (χ3v) is 2.70. The molecule has 0 atom stereocenters. The molecule has 0 radical (unpaired) electrons. The molecule has 0 amide bonds. The Balaban J connectivity index is 2.02. The van der Waals surface area contributed by atoms with Crippen molar-refractivity contribution in [3.05, 3.63) is 53.6 Å². The van der Waals surface area contributed by atoms with Crippen molar-refractivity contribution in [2.45, 2.75) is 13.0 Å². The molecule has 0 spiro atoms. The zero-order valence-electron chi connectivity index (χ0n) is 11.2. The SMILES string of the molecule is N#Cc1cc(COc2cncc(C#CCCCl)c2)ccn1. The summed E-state index contributed by atoms with van der Waals surface area (Å²) in [4.78, 5) is 7.99. The van der Waals surface area contributed by atoms with Crippen molar-refractivity contribution in [1.82, 2.24) is 9.97 Å². The van der Waals surface area contributed by atoms with Gasteiger partial charge in [0.25, 0.3) is 0 Å². The molecule has 0 aromatic carbocycles. The second-order valence-corrected chi connectivity index (χ2v) is 4.48. The van der Waals surface area contributed by atoms with Gasteiger partial charge in [-0.1, -0.05) is 11.8 Å². The summed E-state index contributed by atoms with van der Waals surface area (Å²) in [5, 5.41) is 8.80. The average Bonchev–Trinajstić information content (AvgIpc) is 2.54. The molecule has 2 heterocycles. The number of nitrogens with zero attached hydrogens (tertiary/aromatic N) is 3. The largest absolute Gasteiger partial charge is 0.487 e. The lowest BCUT2D eigenvalue weighted by atomic mass is 10.2. The summed E-state index contributed by atoms with van der Waals surface area (Å²) in [5.74, 6) is 7.06. The summed E-state index contributed by atoms with van der Waals surface area (Å²) in [5.41, 5.74) is 2.03. The fraction of sp³-hybridized carbons (Fsp3) is 0.188. The van der Waals surface area contributed by atoms with Gasteiger partial charge >= 0.3 is 0 Å². The Kier molecular flexibility index (Phi) is 5.58. The van der Waals surface area contributed by atoms with Gasteiger partial charge in [-0.2, -0.15) is 5.26 Å². The molecule has 0 saturated carbocycles. The van der Waals surface area contributed by atoms with E-state index in [0.29, 0.717) is 30.4 Å². The number of hydrogen-bond donors (Lipinski definition) is 0. The molecule has 0 aliphatic heterocycles. The highest BCUT2D eigenvalue weighted by atomic mass is 35.5. The highest BCUT2D eigenvalue weighted by Gasteiger charge is 2.00. The lowest BCUT2D eigenvalue weighted by Gasteiger charge is -2.06. The Hall–Kier alpha value is -2.56. The Morgan fingerprint density at radius 3 is 3.00 bits per heavy atom. The second-order valence-electron chi connectivity index (χ2n) is 4.10. The normalized spacial score (nSPS) is 9.33. The number of aromatic nitrogens is 2. The second kappa shape index (κ2) is 7.89.